The summed E-state index contributed by atoms with van der Waals surface area (Å²) in [4.78, 5) is 0. The van der Waals surface area contributed by atoms with Crippen molar-refractivity contribution < 1.29 is 8.42 Å². The number of hydrogen-bond donors (Lipinski definition) is 2. The van der Waals surface area contributed by atoms with Crippen molar-refractivity contribution in [1.29, 1.82) is 0 Å². The third kappa shape index (κ3) is 4.34. The number of sulfonamides is 1. The van der Waals surface area contributed by atoms with E-state index in [1.54, 1.807) is 6.92 Å². The van der Waals surface area contributed by atoms with Crippen LogP contribution in [0.5, 0.6) is 0 Å². The fraction of sp³-hybridized carbons (Fsp3) is 0.600. The highest BCUT2D eigenvalue weighted by molar-refractivity contribution is 7.89. The van der Waals surface area contributed by atoms with E-state index < -0.39 is 10.0 Å². The molecule has 0 unspecified atom stereocenters. The first-order chi connectivity index (χ1) is 7.55. The fourth-order valence-electron chi connectivity index (χ4n) is 1.40. The van der Waals surface area contributed by atoms with E-state index in [4.69, 9.17) is 0 Å². The van der Waals surface area contributed by atoms with Crippen molar-refractivity contribution in [1.82, 2.24) is 14.6 Å². The predicted octanol–water partition coefficient (Wildman–Crippen LogP) is 0.0540. The molecule has 1 aromatic heterocycles. The SMILES string of the molecule is CCNS(=O)(=O)CCNCc1cccn1C. The lowest BCUT2D eigenvalue weighted by Gasteiger charge is -2.07. The van der Waals surface area contributed by atoms with Gasteiger partial charge in [-0.15, -0.1) is 0 Å². The quantitative estimate of drug-likeness (QED) is 0.667. The number of nitrogens with one attached hydrogen (secondary N) is 2. The molecule has 0 radical (unpaired) electrons. The molecule has 0 amide bonds. The van der Waals surface area contributed by atoms with Gasteiger partial charge in [-0.25, -0.2) is 13.1 Å². The largest absolute Gasteiger partial charge is 0.353 e. The third-order valence-electron chi connectivity index (χ3n) is 2.27. The molecule has 0 fully saturated rings. The first-order valence-corrected chi connectivity index (χ1v) is 6.98. The van der Waals surface area contributed by atoms with Crippen LogP contribution in [0.1, 0.15) is 12.6 Å². The van der Waals surface area contributed by atoms with Gasteiger partial charge in [-0.05, 0) is 12.1 Å². The van der Waals surface area contributed by atoms with E-state index in [9.17, 15) is 8.42 Å². The highest BCUT2D eigenvalue weighted by atomic mass is 32.2. The van der Waals surface area contributed by atoms with Crippen LogP contribution in [0.4, 0.5) is 0 Å². The van der Waals surface area contributed by atoms with Gasteiger partial charge < -0.3 is 9.88 Å². The Labute approximate surface area is 96.9 Å². The maximum absolute atomic E-state index is 11.3. The lowest BCUT2D eigenvalue weighted by Crippen LogP contribution is -2.31. The zero-order valence-electron chi connectivity index (χ0n) is 9.73. The highest BCUT2D eigenvalue weighted by Crippen LogP contribution is 1.97. The minimum Gasteiger partial charge on any atom is -0.353 e. The molecule has 0 aliphatic heterocycles. The molecule has 2 N–H and O–H groups in total. The maximum Gasteiger partial charge on any atom is 0.212 e. The minimum atomic E-state index is -3.10. The summed E-state index contributed by atoms with van der Waals surface area (Å²) in [5, 5.41) is 3.10. The van der Waals surface area contributed by atoms with Gasteiger partial charge in [-0.1, -0.05) is 6.92 Å². The van der Waals surface area contributed by atoms with Gasteiger partial charge in [0.2, 0.25) is 10.0 Å². The van der Waals surface area contributed by atoms with E-state index in [1.807, 2.05) is 29.9 Å². The summed E-state index contributed by atoms with van der Waals surface area (Å²) in [6.45, 7) is 3.36. The van der Waals surface area contributed by atoms with Crippen LogP contribution >= 0.6 is 0 Å². The molecule has 0 aliphatic rings. The van der Waals surface area contributed by atoms with E-state index in [1.165, 1.54) is 0 Å². The molecule has 0 saturated carbocycles. The standard InChI is InChI=1S/C10H19N3O2S/c1-3-12-16(14,15)8-6-11-9-10-5-4-7-13(10)2/h4-5,7,11-12H,3,6,8-9H2,1-2H3. The molecule has 1 heterocycles. The van der Waals surface area contributed by atoms with E-state index in [-0.39, 0.29) is 5.75 Å². The van der Waals surface area contributed by atoms with Crippen LogP contribution in [-0.4, -0.2) is 31.8 Å². The molecule has 0 bridgehead atoms. The van der Waals surface area contributed by atoms with Gasteiger partial charge in [-0.3, -0.25) is 0 Å². The molecule has 1 rings (SSSR count). The second kappa shape index (κ2) is 6.03. The van der Waals surface area contributed by atoms with Gasteiger partial charge in [0.25, 0.3) is 0 Å². The molecule has 0 aliphatic carbocycles. The topological polar surface area (TPSA) is 63.1 Å². The average Bonchev–Trinajstić information content (AvgIpc) is 2.59. The molecule has 92 valence electrons. The maximum atomic E-state index is 11.3. The lowest BCUT2D eigenvalue weighted by atomic mass is 10.4. The average molecular weight is 245 g/mol. The van der Waals surface area contributed by atoms with Gasteiger partial charge >= 0.3 is 0 Å². The Bertz CT molecular complexity index is 411. The third-order valence-corrected chi connectivity index (χ3v) is 3.74. The van der Waals surface area contributed by atoms with Crippen molar-refractivity contribution in [2.24, 2.45) is 7.05 Å². The molecular formula is C10H19N3O2S. The highest BCUT2D eigenvalue weighted by Gasteiger charge is 2.07. The predicted molar refractivity (Wildman–Crippen MR) is 64.6 cm³/mol. The second-order valence-electron chi connectivity index (χ2n) is 3.60. The zero-order valence-corrected chi connectivity index (χ0v) is 10.5. The van der Waals surface area contributed by atoms with Gasteiger partial charge in [0.15, 0.2) is 0 Å². The smallest absolute Gasteiger partial charge is 0.212 e. The lowest BCUT2D eigenvalue weighted by molar-refractivity contribution is 0.577. The number of rotatable bonds is 7. The zero-order chi connectivity index (χ0) is 12.0. The Hall–Kier alpha value is -0.850. The Kier molecular flexibility index (Phi) is 4.98. The fourth-order valence-corrected chi connectivity index (χ4v) is 2.39. The van der Waals surface area contributed by atoms with Crippen LogP contribution in [0, 0.1) is 0 Å². The summed E-state index contributed by atoms with van der Waals surface area (Å²) in [6, 6.07) is 3.97. The Morgan fingerprint density at radius 1 is 1.44 bits per heavy atom. The van der Waals surface area contributed by atoms with Crippen molar-refractivity contribution in [2.45, 2.75) is 13.5 Å². The van der Waals surface area contributed by atoms with E-state index in [2.05, 4.69) is 10.0 Å². The monoisotopic (exact) mass is 245 g/mol. The Morgan fingerprint density at radius 3 is 2.75 bits per heavy atom. The van der Waals surface area contributed by atoms with E-state index in [0.717, 1.165) is 5.69 Å². The van der Waals surface area contributed by atoms with Gasteiger partial charge in [0.1, 0.15) is 0 Å². The molecule has 5 nitrogen and oxygen atoms in total. The number of aromatic nitrogens is 1. The van der Waals surface area contributed by atoms with Crippen LogP contribution in [0.3, 0.4) is 0 Å². The molecule has 0 saturated heterocycles. The molecule has 16 heavy (non-hydrogen) atoms. The first kappa shape index (κ1) is 13.2. The van der Waals surface area contributed by atoms with Crippen LogP contribution in [0.15, 0.2) is 18.3 Å². The molecule has 0 spiro atoms. The molecule has 1 aromatic rings. The summed E-state index contributed by atoms with van der Waals surface area (Å²) in [5.74, 6) is 0.116. The van der Waals surface area contributed by atoms with Crippen LogP contribution in [0.25, 0.3) is 0 Å². The van der Waals surface area contributed by atoms with Gasteiger partial charge in [-0.2, -0.15) is 0 Å². The summed E-state index contributed by atoms with van der Waals surface area (Å²) in [5.41, 5.74) is 1.14. The van der Waals surface area contributed by atoms with Gasteiger partial charge in [0.05, 0.1) is 5.75 Å². The number of hydrogen-bond acceptors (Lipinski definition) is 3. The van der Waals surface area contributed by atoms with E-state index in [0.29, 0.717) is 19.6 Å². The van der Waals surface area contributed by atoms with E-state index >= 15 is 0 Å². The summed E-state index contributed by atoms with van der Waals surface area (Å²) < 4.78 is 27.1. The van der Waals surface area contributed by atoms with Crippen molar-refractivity contribution >= 4 is 10.0 Å². The number of nitrogens with zero attached hydrogens (tertiary/aromatic N) is 1. The summed E-state index contributed by atoms with van der Waals surface area (Å²) >= 11 is 0. The molecule has 0 atom stereocenters. The number of aryl methyl sites for hydroxylation is 1. The Morgan fingerprint density at radius 2 is 2.19 bits per heavy atom. The molecule has 6 heteroatoms. The summed E-state index contributed by atoms with van der Waals surface area (Å²) in [6.07, 6.45) is 1.96. The van der Waals surface area contributed by atoms with Gasteiger partial charge in [0, 0.05) is 38.6 Å². The van der Waals surface area contributed by atoms with Crippen LogP contribution < -0.4 is 10.0 Å². The first-order valence-electron chi connectivity index (χ1n) is 5.33. The molecule has 0 aromatic carbocycles. The Balaban J connectivity index is 2.25. The van der Waals surface area contributed by atoms with Crippen LogP contribution in [0.2, 0.25) is 0 Å². The minimum absolute atomic E-state index is 0.116. The molecular weight excluding hydrogens is 226 g/mol. The normalized spacial score (nSPS) is 11.9. The van der Waals surface area contributed by atoms with Crippen molar-refractivity contribution in [3.8, 4) is 0 Å². The van der Waals surface area contributed by atoms with Crippen molar-refractivity contribution in [3.05, 3.63) is 24.0 Å². The van der Waals surface area contributed by atoms with Crippen LogP contribution in [-0.2, 0) is 23.6 Å². The second-order valence-corrected chi connectivity index (χ2v) is 5.53. The van der Waals surface area contributed by atoms with Crippen molar-refractivity contribution in [3.63, 3.8) is 0 Å². The van der Waals surface area contributed by atoms with Crippen molar-refractivity contribution in [2.75, 3.05) is 18.8 Å². The summed E-state index contributed by atoms with van der Waals surface area (Å²) in [7, 11) is -1.14.